The average Bonchev–Trinajstić information content (AvgIpc) is 2.69. The van der Waals surface area contributed by atoms with Gasteiger partial charge >= 0.3 is 0 Å². The number of amides is 1. The number of aryl methyl sites for hydroxylation is 2. The van der Waals surface area contributed by atoms with Gasteiger partial charge in [0.1, 0.15) is 0 Å². The molecular weight excluding hydrogens is 340 g/mol. The Labute approximate surface area is 163 Å². The van der Waals surface area contributed by atoms with Gasteiger partial charge in [-0.15, -0.1) is 0 Å². The lowest BCUT2D eigenvalue weighted by atomic mass is 9.86. The number of morpholine rings is 1. The van der Waals surface area contributed by atoms with Gasteiger partial charge in [-0.2, -0.15) is 0 Å². The van der Waals surface area contributed by atoms with E-state index >= 15 is 0 Å². The van der Waals surface area contributed by atoms with Crippen LogP contribution in [0.2, 0.25) is 0 Å². The summed E-state index contributed by atoms with van der Waals surface area (Å²) >= 11 is 0. The largest absolute Gasteiger partial charge is 0.396 e. The van der Waals surface area contributed by atoms with Gasteiger partial charge in [0, 0.05) is 38.8 Å². The highest BCUT2D eigenvalue weighted by Crippen LogP contribution is 2.27. The Morgan fingerprint density at radius 3 is 2.74 bits per heavy atom. The molecule has 1 aromatic rings. The third-order valence-corrected chi connectivity index (χ3v) is 6.14. The van der Waals surface area contributed by atoms with E-state index in [2.05, 4.69) is 41.8 Å². The van der Waals surface area contributed by atoms with Crippen molar-refractivity contribution in [2.45, 2.75) is 45.6 Å². The van der Waals surface area contributed by atoms with Crippen LogP contribution in [-0.4, -0.2) is 72.9 Å². The molecule has 2 saturated heterocycles. The number of piperidine rings is 1. The highest BCUT2D eigenvalue weighted by atomic mass is 16.5. The number of ether oxygens (including phenoxy) is 1. The summed E-state index contributed by atoms with van der Waals surface area (Å²) in [7, 11) is 0. The fourth-order valence-corrected chi connectivity index (χ4v) is 4.54. The van der Waals surface area contributed by atoms with Gasteiger partial charge in [-0.05, 0) is 50.2 Å². The summed E-state index contributed by atoms with van der Waals surface area (Å²) in [6.45, 7) is 9.60. The summed E-state index contributed by atoms with van der Waals surface area (Å²) in [6, 6.07) is 6.84. The summed E-state index contributed by atoms with van der Waals surface area (Å²) < 4.78 is 5.51. The van der Waals surface area contributed by atoms with E-state index in [4.69, 9.17) is 4.74 Å². The lowest BCUT2D eigenvalue weighted by Gasteiger charge is -2.45. The van der Waals surface area contributed by atoms with Crippen molar-refractivity contribution in [3.05, 3.63) is 34.9 Å². The van der Waals surface area contributed by atoms with Crippen molar-refractivity contribution in [2.75, 3.05) is 46.0 Å². The lowest BCUT2D eigenvalue weighted by Crippen LogP contribution is -2.55. The molecule has 1 N–H and O–H groups in total. The summed E-state index contributed by atoms with van der Waals surface area (Å²) in [5, 5.41) is 9.31. The minimum Gasteiger partial charge on any atom is -0.396 e. The molecule has 0 unspecified atom stereocenters. The fourth-order valence-electron chi connectivity index (χ4n) is 4.54. The Morgan fingerprint density at radius 1 is 1.22 bits per heavy atom. The van der Waals surface area contributed by atoms with Gasteiger partial charge in [0.05, 0.1) is 19.6 Å². The van der Waals surface area contributed by atoms with E-state index in [0.29, 0.717) is 18.4 Å². The molecule has 0 spiro atoms. The second-order valence-corrected chi connectivity index (χ2v) is 8.08. The first kappa shape index (κ1) is 20.3. The van der Waals surface area contributed by atoms with Crippen molar-refractivity contribution in [1.82, 2.24) is 9.80 Å². The highest BCUT2D eigenvalue weighted by Gasteiger charge is 2.35. The van der Waals surface area contributed by atoms with Crippen molar-refractivity contribution in [2.24, 2.45) is 5.92 Å². The maximum Gasteiger partial charge on any atom is 0.227 e. The van der Waals surface area contributed by atoms with Crippen LogP contribution in [0.3, 0.4) is 0 Å². The van der Waals surface area contributed by atoms with E-state index in [1.165, 1.54) is 11.1 Å². The van der Waals surface area contributed by atoms with Crippen LogP contribution in [0.4, 0.5) is 0 Å². The quantitative estimate of drug-likeness (QED) is 0.829. The maximum absolute atomic E-state index is 13.0. The van der Waals surface area contributed by atoms with Crippen LogP contribution < -0.4 is 0 Å². The minimum absolute atomic E-state index is 0.225. The Hall–Kier alpha value is -1.43. The van der Waals surface area contributed by atoms with E-state index < -0.39 is 0 Å². The molecule has 2 atom stereocenters. The first-order valence-electron chi connectivity index (χ1n) is 10.3. The Morgan fingerprint density at radius 2 is 2.00 bits per heavy atom. The predicted molar refractivity (Wildman–Crippen MR) is 107 cm³/mol. The Kier molecular flexibility index (Phi) is 7.27. The van der Waals surface area contributed by atoms with Gasteiger partial charge in [0.2, 0.25) is 5.91 Å². The Balaban J connectivity index is 1.64. The van der Waals surface area contributed by atoms with Crippen LogP contribution in [0, 0.1) is 19.8 Å². The number of aliphatic hydroxyl groups is 1. The summed E-state index contributed by atoms with van der Waals surface area (Å²) in [4.78, 5) is 17.6. The minimum atomic E-state index is 0.225. The first-order chi connectivity index (χ1) is 13.1. The molecule has 150 valence electrons. The fraction of sp³-hybridized carbons (Fsp3) is 0.682. The normalized spacial score (nSPS) is 24.2. The number of carbonyl (C=O) groups excluding carboxylic acids is 1. The van der Waals surface area contributed by atoms with E-state index in [1.54, 1.807) is 0 Å². The number of likely N-dealkylation sites (tertiary alicyclic amines) is 1. The van der Waals surface area contributed by atoms with E-state index in [1.807, 2.05) is 0 Å². The molecule has 5 heteroatoms. The van der Waals surface area contributed by atoms with Crippen molar-refractivity contribution in [1.29, 1.82) is 0 Å². The third-order valence-electron chi connectivity index (χ3n) is 6.14. The molecular formula is C22H34N2O3. The SMILES string of the molecule is Cc1ccc(C)c(CC(=O)N2CC[C@H](N3CCOCC3)[C@H](CCCO)C2)c1. The zero-order valence-electron chi connectivity index (χ0n) is 16.8. The maximum atomic E-state index is 13.0. The predicted octanol–water partition coefficient (Wildman–Crippen LogP) is 2.17. The molecule has 2 fully saturated rings. The molecule has 2 aliphatic heterocycles. The van der Waals surface area contributed by atoms with Crippen LogP contribution in [0.15, 0.2) is 18.2 Å². The number of rotatable bonds is 6. The summed E-state index contributed by atoms with van der Waals surface area (Å²) in [6.07, 6.45) is 3.30. The van der Waals surface area contributed by atoms with Crippen molar-refractivity contribution in [3.8, 4) is 0 Å². The van der Waals surface area contributed by atoms with Gasteiger partial charge in [-0.3, -0.25) is 9.69 Å². The van der Waals surface area contributed by atoms with Crippen molar-refractivity contribution < 1.29 is 14.6 Å². The molecule has 27 heavy (non-hydrogen) atoms. The molecule has 0 radical (unpaired) electrons. The molecule has 5 nitrogen and oxygen atoms in total. The molecule has 1 aromatic carbocycles. The van der Waals surface area contributed by atoms with Crippen LogP contribution in [-0.2, 0) is 16.0 Å². The van der Waals surface area contributed by atoms with Gasteiger partial charge in [-0.25, -0.2) is 0 Å². The highest BCUT2D eigenvalue weighted by molar-refractivity contribution is 5.79. The smallest absolute Gasteiger partial charge is 0.227 e. The summed E-state index contributed by atoms with van der Waals surface area (Å²) in [5.41, 5.74) is 3.53. The molecule has 2 aliphatic rings. The van der Waals surface area contributed by atoms with E-state index in [0.717, 1.165) is 64.2 Å². The van der Waals surface area contributed by atoms with Gasteiger partial charge in [0.25, 0.3) is 0 Å². The molecule has 0 aliphatic carbocycles. The van der Waals surface area contributed by atoms with Gasteiger partial charge in [0.15, 0.2) is 0 Å². The van der Waals surface area contributed by atoms with Crippen molar-refractivity contribution in [3.63, 3.8) is 0 Å². The Bertz CT molecular complexity index is 628. The topological polar surface area (TPSA) is 53.0 Å². The second-order valence-electron chi connectivity index (χ2n) is 8.08. The number of benzene rings is 1. The molecule has 0 bridgehead atoms. The molecule has 2 heterocycles. The standard InChI is InChI=1S/C22H34N2O3/c1-17-5-6-18(2)20(14-17)15-22(26)24-8-7-21(19(16-24)4-3-11-25)23-9-12-27-13-10-23/h5-6,14,19,21,25H,3-4,7-13,15-16H2,1-2H3/t19-,21+/m1/s1. The van der Waals surface area contributed by atoms with Gasteiger partial charge in [-0.1, -0.05) is 23.8 Å². The monoisotopic (exact) mass is 374 g/mol. The zero-order chi connectivity index (χ0) is 19.2. The van der Waals surface area contributed by atoms with Crippen molar-refractivity contribution >= 4 is 5.91 Å². The van der Waals surface area contributed by atoms with Crippen LogP contribution in [0.25, 0.3) is 0 Å². The molecule has 3 rings (SSSR count). The first-order valence-corrected chi connectivity index (χ1v) is 10.3. The number of carbonyl (C=O) groups is 1. The molecule has 0 aromatic heterocycles. The third kappa shape index (κ3) is 5.31. The number of aliphatic hydroxyl groups excluding tert-OH is 1. The second kappa shape index (κ2) is 9.67. The van der Waals surface area contributed by atoms with Gasteiger partial charge < -0.3 is 14.7 Å². The van der Waals surface area contributed by atoms with Crippen LogP contribution in [0.1, 0.15) is 36.0 Å². The average molecular weight is 375 g/mol. The van der Waals surface area contributed by atoms with Crippen LogP contribution >= 0.6 is 0 Å². The number of nitrogens with zero attached hydrogens (tertiary/aromatic N) is 2. The zero-order valence-corrected chi connectivity index (χ0v) is 16.8. The lowest BCUT2D eigenvalue weighted by molar-refractivity contribution is -0.134. The summed E-state index contributed by atoms with van der Waals surface area (Å²) in [5.74, 6) is 0.671. The number of hydrogen-bond acceptors (Lipinski definition) is 4. The molecule has 0 saturated carbocycles. The van der Waals surface area contributed by atoms with E-state index in [-0.39, 0.29) is 12.5 Å². The van der Waals surface area contributed by atoms with Crippen LogP contribution in [0.5, 0.6) is 0 Å². The van der Waals surface area contributed by atoms with E-state index in [9.17, 15) is 9.90 Å². The number of hydrogen-bond donors (Lipinski definition) is 1. The molecule has 1 amide bonds.